The summed E-state index contributed by atoms with van der Waals surface area (Å²) in [5.74, 6) is -0.388. The molecule has 190 valence electrons. The highest BCUT2D eigenvalue weighted by Gasteiger charge is 2.33. The molecule has 1 saturated carbocycles. The molecule has 36 heavy (non-hydrogen) atoms. The first kappa shape index (κ1) is 25.3. The zero-order chi connectivity index (χ0) is 25.7. The Hall–Kier alpha value is -3.76. The van der Waals surface area contributed by atoms with Crippen molar-refractivity contribution < 1.29 is 27.4 Å². The highest BCUT2D eigenvalue weighted by Crippen LogP contribution is 2.30. The van der Waals surface area contributed by atoms with Gasteiger partial charge in [0.25, 0.3) is 0 Å². The number of carbonyl (C=O) groups is 1. The maximum atomic E-state index is 13.0. The third-order valence-electron chi connectivity index (χ3n) is 5.81. The summed E-state index contributed by atoms with van der Waals surface area (Å²) in [7, 11) is 0. The van der Waals surface area contributed by atoms with Crippen molar-refractivity contribution in [2.75, 3.05) is 11.9 Å². The molecule has 8 nitrogen and oxygen atoms in total. The van der Waals surface area contributed by atoms with E-state index in [1.54, 1.807) is 31.5 Å². The Kier molecular flexibility index (Phi) is 7.66. The minimum atomic E-state index is -4.56. The van der Waals surface area contributed by atoms with Crippen LogP contribution >= 0.6 is 0 Å². The largest absolute Gasteiger partial charge is 0.466 e. The summed E-state index contributed by atoms with van der Waals surface area (Å²) in [6, 6.07) is 6.51. The van der Waals surface area contributed by atoms with Gasteiger partial charge in [0.15, 0.2) is 0 Å². The lowest BCUT2D eigenvalue weighted by atomic mass is 9.87. The lowest BCUT2D eigenvalue weighted by Gasteiger charge is -2.26. The van der Waals surface area contributed by atoms with Crippen LogP contribution in [0.5, 0.6) is 6.01 Å². The molecule has 4 rings (SSSR count). The summed E-state index contributed by atoms with van der Waals surface area (Å²) in [4.78, 5) is 28.0. The number of hydrogen-bond acceptors (Lipinski definition) is 8. The van der Waals surface area contributed by atoms with Gasteiger partial charge in [-0.1, -0.05) is 6.07 Å². The number of benzene rings is 1. The molecule has 1 N–H and O–H groups in total. The maximum absolute atomic E-state index is 13.0. The van der Waals surface area contributed by atoms with Crippen LogP contribution in [0.3, 0.4) is 0 Å². The van der Waals surface area contributed by atoms with Gasteiger partial charge in [0.1, 0.15) is 11.8 Å². The van der Waals surface area contributed by atoms with E-state index in [-0.39, 0.29) is 29.9 Å². The summed E-state index contributed by atoms with van der Waals surface area (Å²) >= 11 is 0. The molecule has 1 aliphatic carbocycles. The van der Waals surface area contributed by atoms with Crippen LogP contribution in [0.4, 0.5) is 24.8 Å². The van der Waals surface area contributed by atoms with Crippen molar-refractivity contribution in [1.82, 2.24) is 19.9 Å². The van der Waals surface area contributed by atoms with Crippen molar-refractivity contribution in [2.45, 2.75) is 51.8 Å². The molecule has 11 heteroatoms. The molecule has 0 atom stereocenters. The molecule has 2 aromatic heterocycles. The minimum Gasteiger partial charge on any atom is -0.466 e. The lowest BCUT2D eigenvalue weighted by molar-refractivity contribution is -0.149. The van der Waals surface area contributed by atoms with Gasteiger partial charge in [0.05, 0.1) is 12.5 Å². The average molecular weight is 502 g/mol. The van der Waals surface area contributed by atoms with Crippen molar-refractivity contribution in [3.05, 3.63) is 54.1 Å². The predicted octanol–water partition coefficient (Wildman–Crippen LogP) is 5.51. The molecule has 0 unspecified atom stereocenters. The molecular weight excluding hydrogens is 475 g/mol. The number of aryl methyl sites for hydroxylation is 1. The summed E-state index contributed by atoms with van der Waals surface area (Å²) in [6.45, 7) is 4.05. The molecule has 0 amide bonds. The topological polar surface area (TPSA) is 99.1 Å². The maximum Gasteiger partial charge on any atom is 0.433 e. The fraction of sp³-hybridized carbons (Fsp3) is 0.400. The number of nitrogens with zero attached hydrogens (tertiary/aromatic N) is 4. The number of anilines is 2. The number of rotatable bonds is 7. The van der Waals surface area contributed by atoms with Crippen molar-refractivity contribution in [3.8, 4) is 17.1 Å². The van der Waals surface area contributed by atoms with Crippen molar-refractivity contribution in [1.29, 1.82) is 0 Å². The smallest absolute Gasteiger partial charge is 0.433 e. The van der Waals surface area contributed by atoms with E-state index in [9.17, 15) is 18.0 Å². The SMILES string of the molecule is CCOC(=O)C1CCC(Oc2ncc(-c3cc(C)cc(Nc4nccc(C(F)(F)F)n4)c3)cn2)CC1. The minimum absolute atomic E-state index is 0.0660. The Bertz CT molecular complexity index is 1200. The van der Waals surface area contributed by atoms with Crippen LogP contribution in [0.15, 0.2) is 42.9 Å². The zero-order valence-electron chi connectivity index (χ0n) is 19.9. The molecule has 0 saturated heterocycles. The highest BCUT2D eigenvalue weighted by molar-refractivity contribution is 5.72. The van der Waals surface area contributed by atoms with Crippen LogP contribution < -0.4 is 10.1 Å². The number of ether oxygens (including phenoxy) is 2. The van der Waals surface area contributed by atoms with E-state index in [4.69, 9.17) is 9.47 Å². The third kappa shape index (κ3) is 6.46. The molecule has 1 aliphatic rings. The van der Waals surface area contributed by atoms with Gasteiger partial charge < -0.3 is 14.8 Å². The van der Waals surface area contributed by atoms with Crippen LogP contribution in [-0.4, -0.2) is 38.6 Å². The fourth-order valence-electron chi connectivity index (χ4n) is 4.08. The van der Waals surface area contributed by atoms with Crippen LogP contribution in [0.25, 0.3) is 11.1 Å². The molecule has 0 spiro atoms. The Morgan fingerprint density at radius 1 is 1.06 bits per heavy atom. The number of nitrogens with one attached hydrogen (secondary N) is 1. The number of esters is 1. The van der Waals surface area contributed by atoms with Crippen molar-refractivity contribution in [2.24, 2.45) is 5.92 Å². The number of halogens is 3. The Labute approximate surface area is 206 Å². The molecule has 1 fully saturated rings. The first-order chi connectivity index (χ1) is 17.2. The molecule has 0 aliphatic heterocycles. The van der Waals surface area contributed by atoms with E-state index in [1.165, 1.54) is 0 Å². The lowest BCUT2D eigenvalue weighted by Crippen LogP contribution is -2.29. The van der Waals surface area contributed by atoms with Crippen LogP contribution in [0, 0.1) is 12.8 Å². The van der Waals surface area contributed by atoms with E-state index in [1.807, 2.05) is 13.0 Å². The normalized spacial score (nSPS) is 17.9. The van der Waals surface area contributed by atoms with Gasteiger partial charge in [-0.15, -0.1) is 0 Å². The van der Waals surface area contributed by atoms with Crippen molar-refractivity contribution in [3.63, 3.8) is 0 Å². The summed E-state index contributed by atoms with van der Waals surface area (Å²) in [5.41, 5.74) is 1.87. The Balaban J connectivity index is 1.41. The van der Waals surface area contributed by atoms with Gasteiger partial charge in [-0.2, -0.15) is 13.2 Å². The van der Waals surface area contributed by atoms with E-state index < -0.39 is 11.9 Å². The van der Waals surface area contributed by atoms with Gasteiger partial charge in [-0.3, -0.25) is 4.79 Å². The molecular formula is C25H26F3N5O3. The van der Waals surface area contributed by atoms with Gasteiger partial charge in [0, 0.05) is 29.8 Å². The first-order valence-corrected chi connectivity index (χ1v) is 11.7. The van der Waals surface area contributed by atoms with Crippen LogP contribution in [0.1, 0.15) is 43.9 Å². The molecule has 0 bridgehead atoms. The quantitative estimate of drug-likeness (QED) is 0.424. The molecule has 0 radical (unpaired) electrons. The molecule has 1 aromatic carbocycles. The summed E-state index contributed by atoms with van der Waals surface area (Å²) in [6.07, 6.45) is 2.55. The standard InChI is InChI=1S/C25H26F3N5O3/c1-3-35-22(34)16-4-6-20(7-5-16)36-24-30-13-18(14-31-24)17-10-15(2)11-19(12-17)32-23-29-9-8-21(33-23)25(26,27)28/h8-14,16,20H,3-7H2,1-2H3,(H,29,32,33). The van der Waals surface area contributed by atoms with Crippen LogP contribution in [-0.2, 0) is 15.7 Å². The Morgan fingerprint density at radius 2 is 1.78 bits per heavy atom. The number of hydrogen-bond donors (Lipinski definition) is 1. The monoisotopic (exact) mass is 501 g/mol. The second-order valence-corrected chi connectivity index (χ2v) is 8.57. The molecule has 3 aromatic rings. The van der Waals surface area contributed by atoms with E-state index in [2.05, 4.69) is 25.3 Å². The van der Waals surface area contributed by atoms with Gasteiger partial charge in [0.2, 0.25) is 5.95 Å². The third-order valence-corrected chi connectivity index (χ3v) is 5.81. The average Bonchev–Trinajstić information content (AvgIpc) is 2.84. The molecule has 2 heterocycles. The number of alkyl halides is 3. The second-order valence-electron chi connectivity index (χ2n) is 8.57. The predicted molar refractivity (Wildman–Crippen MR) is 126 cm³/mol. The number of aromatic nitrogens is 4. The first-order valence-electron chi connectivity index (χ1n) is 11.7. The van der Waals surface area contributed by atoms with E-state index in [0.717, 1.165) is 36.2 Å². The van der Waals surface area contributed by atoms with Crippen LogP contribution in [0.2, 0.25) is 0 Å². The van der Waals surface area contributed by atoms with Gasteiger partial charge in [-0.25, -0.2) is 19.9 Å². The zero-order valence-corrected chi connectivity index (χ0v) is 19.9. The van der Waals surface area contributed by atoms with Gasteiger partial charge >= 0.3 is 18.2 Å². The van der Waals surface area contributed by atoms with Gasteiger partial charge in [-0.05, 0) is 68.9 Å². The Morgan fingerprint density at radius 3 is 2.44 bits per heavy atom. The highest BCUT2D eigenvalue weighted by atomic mass is 19.4. The summed E-state index contributed by atoms with van der Waals surface area (Å²) in [5, 5.41) is 2.83. The fourth-order valence-corrected chi connectivity index (χ4v) is 4.08. The number of carbonyl (C=O) groups excluding carboxylic acids is 1. The van der Waals surface area contributed by atoms with E-state index in [0.29, 0.717) is 30.7 Å². The van der Waals surface area contributed by atoms with Crippen molar-refractivity contribution >= 4 is 17.6 Å². The summed E-state index contributed by atoms with van der Waals surface area (Å²) < 4.78 is 49.9. The van der Waals surface area contributed by atoms with E-state index >= 15 is 0 Å². The second kappa shape index (κ2) is 10.9.